The predicted molar refractivity (Wildman–Crippen MR) is 82.1 cm³/mol. The minimum atomic E-state index is -4.33. The zero-order valence-corrected chi connectivity index (χ0v) is 12.8. The first kappa shape index (κ1) is 15.7. The van der Waals surface area contributed by atoms with Gasteiger partial charge in [-0.05, 0) is 58.2 Å². The van der Waals surface area contributed by atoms with Crippen molar-refractivity contribution in [3.05, 3.63) is 57.6 Å². The van der Waals surface area contributed by atoms with E-state index in [2.05, 4.69) is 21.2 Å². The van der Waals surface area contributed by atoms with Crippen LogP contribution in [0.2, 0.25) is 0 Å². The van der Waals surface area contributed by atoms with Gasteiger partial charge in [-0.3, -0.25) is 0 Å². The number of hydrogen-bond acceptors (Lipinski definition) is 2. The molecule has 0 amide bonds. The van der Waals surface area contributed by atoms with E-state index in [0.717, 1.165) is 27.9 Å². The Hall–Kier alpha value is -1.69. The number of alkyl halides is 3. The van der Waals surface area contributed by atoms with E-state index in [9.17, 15) is 13.2 Å². The smallest absolute Gasteiger partial charge is 0.398 e. The number of nitrogens with two attached hydrogens (primary N) is 1. The van der Waals surface area contributed by atoms with Crippen LogP contribution in [0.25, 0.3) is 0 Å². The Morgan fingerprint density at radius 3 is 2.57 bits per heavy atom. The van der Waals surface area contributed by atoms with E-state index in [1.807, 2.05) is 13.0 Å². The molecule has 0 saturated carbocycles. The maximum atomic E-state index is 12.7. The third kappa shape index (κ3) is 3.91. The lowest BCUT2D eigenvalue weighted by molar-refractivity contribution is -0.137. The van der Waals surface area contributed by atoms with Crippen molar-refractivity contribution in [2.75, 3.05) is 11.1 Å². The average molecular weight is 359 g/mol. The van der Waals surface area contributed by atoms with Gasteiger partial charge in [0.15, 0.2) is 0 Å². The topological polar surface area (TPSA) is 38.0 Å². The molecule has 0 spiro atoms. The van der Waals surface area contributed by atoms with E-state index in [0.29, 0.717) is 17.8 Å². The first-order chi connectivity index (χ1) is 9.77. The first-order valence-corrected chi connectivity index (χ1v) is 7.02. The molecule has 112 valence electrons. The van der Waals surface area contributed by atoms with Gasteiger partial charge in [0.2, 0.25) is 0 Å². The highest BCUT2D eigenvalue weighted by Crippen LogP contribution is 2.31. The quantitative estimate of drug-likeness (QED) is 0.760. The van der Waals surface area contributed by atoms with Crippen LogP contribution in [0.3, 0.4) is 0 Å². The lowest BCUT2D eigenvalue weighted by Gasteiger charge is -2.13. The molecule has 0 radical (unpaired) electrons. The highest BCUT2D eigenvalue weighted by molar-refractivity contribution is 9.10. The molecule has 0 aliphatic carbocycles. The number of rotatable bonds is 3. The number of nitrogen functional groups attached to an aromatic ring is 1. The van der Waals surface area contributed by atoms with E-state index in [1.54, 1.807) is 12.1 Å². The minimum Gasteiger partial charge on any atom is -0.398 e. The molecular weight excluding hydrogens is 345 g/mol. The number of aryl methyl sites for hydroxylation is 1. The molecule has 2 nitrogen and oxygen atoms in total. The molecular formula is C15H14BrF3N2. The molecule has 0 aliphatic rings. The fourth-order valence-electron chi connectivity index (χ4n) is 1.89. The van der Waals surface area contributed by atoms with E-state index < -0.39 is 11.7 Å². The molecule has 21 heavy (non-hydrogen) atoms. The molecule has 0 unspecified atom stereocenters. The zero-order valence-electron chi connectivity index (χ0n) is 11.3. The van der Waals surface area contributed by atoms with Crippen molar-refractivity contribution in [3.63, 3.8) is 0 Å². The van der Waals surface area contributed by atoms with Gasteiger partial charge in [0, 0.05) is 22.4 Å². The van der Waals surface area contributed by atoms with Crippen molar-refractivity contribution in [2.45, 2.75) is 19.6 Å². The summed E-state index contributed by atoms with van der Waals surface area (Å²) in [6.07, 6.45) is -4.33. The molecule has 0 aromatic heterocycles. The summed E-state index contributed by atoms with van der Waals surface area (Å²) in [6.45, 7) is 2.17. The van der Waals surface area contributed by atoms with E-state index in [-0.39, 0.29) is 0 Å². The Kier molecular flexibility index (Phi) is 4.46. The van der Waals surface area contributed by atoms with Gasteiger partial charge < -0.3 is 11.1 Å². The second-order valence-electron chi connectivity index (χ2n) is 4.74. The van der Waals surface area contributed by atoms with Gasteiger partial charge in [0.25, 0.3) is 0 Å². The number of benzene rings is 2. The van der Waals surface area contributed by atoms with Crippen LogP contribution in [0.15, 0.2) is 40.9 Å². The van der Waals surface area contributed by atoms with Crippen LogP contribution in [0.4, 0.5) is 24.5 Å². The Balaban J connectivity index is 2.15. The van der Waals surface area contributed by atoms with Crippen molar-refractivity contribution in [2.24, 2.45) is 0 Å². The first-order valence-electron chi connectivity index (χ1n) is 6.23. The molecule has 0 atom stereocenters. The Morgan fingerprint density at radius 1 is 1.19 bits per heavy atom. The fraction of sp³-hybridized carbons (Fsp3) is 0.200. The summed E-state index contributed by atoms with van der Waals surface area (Å²) in [5.74, 6) is 0. The number of halogens is 4. The Labute approximate surface area is 129 Å². The van der Waals surface area contributed by atoms with Crippen molar-refractivity contribution in [3.8, 4) is 0 Å². The second-order valence-corrected chi connectivity index (χ2v) is 5.59. The standard InChI is InChI=1S/C15H14BrF3N2/c1-9-5-14(12(16)7-13(9)20)21-8-10-3-2-4-11(6-10)15(17,18)19/h2-7,21H,8,20H2,1H3. The molecule has 0 bridgehead atoms. The Bertz CT molecular complexity index is 654. The number of nitrogens with one attached hydrogen (secondary N) is 1. The highest BCUT2D eigenvalue weighted by Gasteiger charge is 2.30. The molecule has 6 heteroatoms. The maximum Gasteiger partial charge on any atom is 0.416 e. The average Bonchev–Trinajstić information content (AvgIpc) is 2.41. The summed E-state index contributed by atoms with van der Waals surface area (Å²) in [4.78, 5) is 0. The second kappa shape index (κ2) is 5.97. The summed E-state index contributed by atoms with van der Waals surface area (Å²) < 4.78 is 38.7. The molecule has 0 aliphatic heterocycles. The van der Waals surface area contributed by atoms with Crippen molar-refractivity contribution >= 4 is 27.3 Å². The van der Waals surface area contributed by atoms with Crippen LogP contribution in [-0.2, 0) is 12.7 Å². The van der Waals surface area contributed by atoms with E-state index >= 15 is 0 Å². The molecule has 0 fully saturated rings. The monoisotopic (exact) mass is 358 g/mol. The van der Waals surface area contributed by atoms with Crippen molar-refractivity contribution in [1.29, 1.82) is 0 Å². The summed E-state index contributed by atoms with van der Waals surface area (Å²) in [6, 6.07) is 8.89. The van der Waals surface area contributed by atoms with Gasteiger partial charge in [0.05, 0.1) is 5.56 Å². The normalized spacial score (nSPS) is 11.5. The Morgan fingerprint density at radius 2 is 1.90 bits per heavy atom. The molecule has 0 heterocycles. The van der Waals surface area contributed by atoms with Crippen LogP contribution < -0.4 is 11.1 Å². The summed E-state index contributed by atoms with van der Waals surface area (Å²) in [5.41, 5.74) is 8.06. The van der Waals surface area contributed by atoms with Crippen LogP contribution >= 0.6 is 15.9 Å². The van der Waals surface area contributed by atoms with Crippen LogP contribution in [0.1, 0.15) is 16.7 Å². The van der Waals surface area contributed by atoms with E-state index in [4.69, 9.17) is 5.73 Å². The summed E-state index contributed by atoms with van der Waals surface area (Å²) >= 11 is 3.38. The van der Waals surface area contributed by atoms with Crippen molar-refractivity contribution < 1.29 is 13.2 Å². The number of anilines is 2. The van der Waals surface area contributed by atoms with Crippen LogP contribution in [-0.4, -0.2) is 0 Å². The molecule has 0 saturated heterocycles. The highest BCUT2D eigenvalue weighted by atomic mass is 79.9. The maximum absolute atomic E-state index is 12.7. The van der Waals surface area contributed by atoms with E-state index in [1.165, 1.54) is 6.07 Å². The van der Waals surface area contributed by atoms with Crippen LogP contribution in [0.5, 0.6) is 0 Å². The fourth-order valence-corrected chi connectivity index (χ4v) is 2.39. The summed E-state index contributed by atoms with van der Waals surface area (Å²) in [5, 5.41) is 3.11. The summed E-state index contributed by atoms with van der Waals surface area (Å²) in [7, 11) is 0. The minimum absolute atomic E-state index is 0.297. The molecule has 2 aromatic rings. The van der Waals surface area contributed by atoms with Gasteiger partial charge in [-0.1, -0.05) is 12.1 Å². The van der Waals surface area contributed by atoms with Gasteiger partial charge >= 0.3 is 6.18 Å². The third-order valence-corrected chi connectivity index (χ3v) is 3.75. The zero-order chi connectivity index (χ0) is 15.6. The molecule has 2 rings (SSSR count). The predicted octanol–water partition coefficient (Wildman–Crippen LogP) is 4.97. The lowest BCUT2D eigenvalue weighted by atomic mass is 10.1. The van der Waals surface area contributed by atoms with Crippen LogP contribution in [0, 0.1) is 6.92 Å². The lowest BCUT2D eigenvalue weighted by Crippen LogP contribution is -2.07. The van der Waals surface area contributed by atoms with Crippen molar-refractivity contribution in [1.82, 2.24) is 0 Å². The number of hydrogen-bond donors (Lipinski definition) is 2. The molecule has 3 N–H and O–H groups in total. The van der Waals surface area contributed by atoms with Gasteiger partial charge in [-0.15, -0.1) is 0 Å². The SMILES string of the molecule is Cc1cc(NCc2cccc(C(F)(F)F)c2)c(Br)cc1N. The molecule has 2 aromatic carbocycles. The largest absolute Gasteiger partial charge is 0.416 e. The van der Waals surface area contributed by atoms with Gasteiger partial charge in [-0.25, -0.2) is 0 Å². The van der Waals surface area contributed by atoms with Gasteiger partial charge in [0.1, 0.15) is 0 Å². The van der Waals surface area contributed by atoms with Gasteiger partial charge in [-0.2, -0.15) is 13.2 Å². The third-order valence-electron chi connectivity index (χ3n) is 3.09.